The van der Waals surface area contributed by atoms with Crippen molar-refractivity contribution in [2.24, 2.45) is 10.9 Å². The smallest absolute Gasteiger partial charge is 0.270 e. The van der Waals surface area contributed by atoms with Crippen molar-refractivity contribution in [3.8, 4) is 16.9 Å². The van der Waals surface area contributed by atoms with E-state index in [4.69, 9.17) is 0 Å². The Kier molecular flexibility index (Phi) is 5.12. The fourth-order valence-electron chi connectivity index (χ4n) is 3.38. The molecule has 1 aliphatic rings. The monoisotopic (exact) mass is 338 g/mol. The Balaban J connectivity index is 2.00. The zero-order valence-electron chi connectivity index (χ0n) is 14.3. The zero-order chi connectivity index (χ0) is 17.8. The van der Waals surface area contributed by atoms with E-state index in [2.05, 4.69) is 11.9 Å². The van der Waals surface area contributed by atoms with Gasteiger partial charge in [-0.25, -0.2) is 0 Å². The molecule has 0 radical (unpaired) electrons. The number of nitro groups is 1. The van der Waals surface area contributed by atoms with Crippen LogP contribution in [0.25, 0.3) is 11.1 Å². The van der Waals surface area contributed by atoms with E-state index in [0.717, 1.165) is 24.8 Å². The summed E-state index contributed by atoms with van der Waals surface area (Å²) in [6.07, 6.45) is 6.16. The maximum Gasteiger partial charge on any atom is 0.270 e. The Morgan fingerprint density at radius 2 is 1.92 bits per heavy atom. The molecule has 0 saturated heterocycles. The number of hydrogen-bond donors (Lipinski definition) is 1. The summed E-state index contributed by atoms with van der Waals surface area (Å²) in [5, 5.41) is 21.9. The summed E-state index contributed by atoms with van der Waals surface area (Å²) in [7, 11) is 0. The molecule has 1 saturated carbocycles. The maximum atomic E-state index is 11.3. The van der Waals surface area contributed by atoms with Crippen LogP contribution in [-0.2, 0) is 0 Å². The van der Waals surface area contributed by atoms with Gasteiger partial charge >= 0.3 is 0 Å². The van der Waals surface area contributed by atoms with Crippen molar-refractivity contribution in [2.45, 2.75) is 38.6 Å². The number of non-ortho nitro benzene ring substituents is 1. The Morgan fingerprint density at radius 3 is 2.60 bits per heavy atom. The van der Waals surface area contributed by atoms with Crippen LogP contribution in [-0.4, -0.2) is 22.3 Å². The van der Waals surface area contributed by atoms with E-state index in [1.165, 1.54) is 18.6 Å². The Labute approximate surface area is 147 Å². The number of hydrogen-bond acceptors (Lipinski definition) is 4. The molecule has 1 N–H and O–H groups in total. The highest BCUT2D eigenvalue weighted by atomic mass is 16.6. The van der Waals surface area contributed by atoms with E-state index in [1.807, 2.05) is 30.3 Å². The lowest BCUT2D eigenvalue weighted by molar-refractivity contribution is -0.384. The summed E-state index contributed by atoms with van der Waals surface area (Å²) in [5.41, 5.74) is 1.54. The lowest BCUT2D eigenvalue weighted by atomic mass is 9.86. The molecule has 0 aliphatic heterocycles. The molecule has 2 aromatic carbocycles. The van der Waals surface area contributed by atoms with Gasteiger partial charge in [-0.2, -0.15) is 0 Å². The standard InChI is InChI=1S/C20H22N2O3/c1-14-7-5-6-10-19(14)21-13-16-11-17(22(24)25)12-18(20(16)23)15-8-3-2-4-9-15/h2-4,8-9,11-14,19,23H,5-7,10H2,1H3. The van der Waals surface area contributed by atoms with Gasteiger partial charge in [-0.3, -0.25) is 15.1 Å². The quantitative estimate of drug-likeness (QED) is 0.486. The van der Waals surface area contributed by atoms with Crippen LogP contribution in [0.2, 0.25) is 0 Å². The Morgan fingerprint density at radius 1 is 1.20 bits per heavy atom. The largest absolute Gasteiger partial charge is 0.507 e. The average molecular weight is 338 g/mol. The van der Waals surface area contributed by atoms with Crippen molar-refractivity contribution in [1.82, 2.24) is 0 Å². The first-order valence-electron chi connectivity index (χ1n) is 8.66. The van der Waals surface area contributed by atoms with Crippen molar-refractivity contribution in [1.29, 1.82) is 0 Å². The molecule has 2 atom stereocenters. The van der Waals surface area contributed by atoms with Gasteiger partial charge in [-0.15, -0.1) is 0 Å². The first-order chi connectivity index (χ1) is 12.1. The summed E-state index contributed by atoms with van der Waals surface area (Å²) >= 11 is 0. The summed E-state index contributed by atoms with van der Waals surface area (Å²) < 4.78 is 0. The average Bonchev–Trinajstić information content (AvgIpc) is 2.62. The number of aromatic hydroxyl groups is 1. The number of nitro benzene ring substituents is 1. The molecule has 0 spiro atoms. The molecule has 5 nitrogen and oxygen atoms in total. The van der Waals surface area contributed by atoms with Gasteiger partial charge in [0.2, 0.25) is 0 Å². The molecule has 130 valence electrons. The molecular weight excluding hydrogens is 316 g/mol. The molecule has 0 amide bonds. The highest BCUT2D eigenvalue weighted by Crippen LogP contribution is 2.35. The predicted molar refractivity (Wildman–Crippen MR) is 99.2 cm³/mol. The van der Waals surface area contributed by atoms with Crippen LogP contribution in [0.3, 0.4) is 0 Å². The van der Waals surface area contributed by atoms with Crippen LogP contribution in [0.4, 0.5) is 5.69 Å². The van der Waals surface area contributed by atoms with Crippen LogP contribution < -0.4 is 0 Å². The van der Waals surface area contributed by atoms with Crippen molar-refractivity contribution >= 4 is 11.9 Å². The van der Waals surface area contributed by atoms with E-state index >= 15 is 0 Å². The fourth-order valence-corrected chi connectivity index (χ4v) is 3.38. The number of nitrogens with zero attached hydrogens (tertiary/aromatic N) is 2. The number of benzene rings is 2. The molecule has 0 aromatic heterocycles. The molecule has 5 heteroatoms. The Hall–Kier alpha value is -2.69. The van der Waals surface area contributed by atoms with Gasteiger partial charge in [0.15, 0.2) is 0 Å². The third-order valence-corrected chi connectivity index (χ3v) is 4.89. The second-order valence-corrected chi connectivity index (χ2v) is 6.66. The zero-order valence-corrected chi connectivity index (χ0v) is 14.3. The first kappa shape index (κ1) is 17.1. The highest BCUT2D eigenvalue weighted by Gasteiger charge is 2.21. The van der Waals surface area contributed by atoms with Gasteiger partial charge in [0, 0.05) is 29.5 Å². The van der Waals surface area contributed by atoms with Crippen molar-refractivity contribution in [3.63, 3.8) is 0 Å². The molecule has 0 bridgehead atoms. The van der Waals surface area contributed by atoms with Crippen LogP contribution in [0.1, 0.15) is 38.2 Å². The van der Waals surface area contributed by atoms with Crippen molar-refractivity contribution in [2.75, 3.05) is 0 Å². The lowest BCUT2D eigenvalue weighted by Gasteiger charge is -2.25. The predicted octanol–water partition coefficient (Wildman–Crippen LogP) is 4.97. The van der Waals surface area contributed by atoms with Gasteiger partial charge in [0.1, 0.15) is 5.75 Å². The lowest BCUT2D eigenvalue weighted by Crippen LogP contribution is -2.20. The molecule has 1 aliphatic carbocycles. The van der Waals surface area contributed by atoms with Crippen molar-refractivity contribution in [3.05, 3.63) is 58.1 Å². The summed E-state index contributed by atoms with van der Waals surface area (Å²) in [4.78, 5) is 15.5. The van der Waals surface area contributed by atoms with Gasteiger partial charge in [0.05, 0.1) is 11.0 Å². The summed E-state index contributed by atoms with van der Waals surface area (Å²) in [6.45, 7) is 2.18. The second kappa shape index (κ2) is 7.47. The Bertz CT molecular complexity index is 787. The van der Waals surface area contributed by atoms with E-state index in [1.54, 1.807) is 6.21 Å². The minimum Gasteiger partial charge on any atom is -0.507 e. The van der Waals surface area contributed by atoms with E-state index in [0.29, 0.717) is 17.0 Å². The third kappa shape index (κ3) is 3.87. The molecule has 25 heavy (non-hydrogen) atoms. The van der Waals surface area contributed by atoms with E-state index in [9.17, 15) is 15.2 Å². The van der Waals surface area contributed by atoms with Gasteiger partial charge in [0.25, 0.3) is 5.69 Å². The molecule has 3 rings (SSSR count). The molecule has 2 unspecified atom stereocenters. The van der Waals surface area contributed by atoms with Gasteiger partial charge in [-0.1, -0.05) is 50.1 Å². The molecular formula is C20H22N2O3. The van der Waals surface area contributed by atoms with Crippen LogP contribution in [0.5, 0.6) is 5.75 Å². The van der Waals surface area contributed by atoms with Crippen molar-refractivity contribution < 1.29 is 10.0 Å². The number of phenols is 1. The van der Waals surface area contributed by atoms with E-state index < -0.39 is 4.92 Å². The van der Waals surface area contributed by atoms with Gasteiger partial charge < -0.3 is 5.11 Å². The molecule has 0 heterocycles. The van der Waals surface area contributed by atoms with Crippen LogP contribution >= 0.6 is 0 Å². The molecule has 2 aromatic rings. The SMILES string of the molecule is CC1CCCCC1N=Cc1cc([N+](=O)[O-])cc(-c2ccccc2)c1O. The van der Waals surface area contributed by atoms with Gasteiger partial charge in [-0.05, 0) is 24.3 Å². The van der Waals surface area contributed by atoms with Crippen LogP contribution in [0.15, 0.2) is 47.5 Å². The fraction of sp³-hybridized carbons (Fsp3) is 0.350. The number of aliphatic imine (C=N–C) groups is 1. The van der Waals surface area contributed by atoms with Crippen LogP contribution in [0, 0.1) is 16.0 Å². The number of rotatable bonds is 4. The second-order valence-electron chi connectivity index (χ2n) is 6.66. The van der Waals surface area contributed by atoms with E-state index in [-0.39, 0.29) is 17.5 Å². The summed E-state index contributed by atoms with van der Waals surface area (Å²) in [6, 6.07) is 12.2. The normalized spacial score (nSPS) is 20.7. The third-order valence-electron chi connectivity index (χ3n) is 4.89. The topological polar surface area (TPSA) is 75.7 Å². The summed E-state index contributed by atoms with van der Waals surface area (Å²) in [5.74, 6) is 0.531. The molecule has 1 fully saturated rings. The highest BCUT2D eigenvalue weighted by molar-refractivity contribution is 5.90. The minimum absolute atomic E-state index is 0.0315. The maximum absolute atomic E-state index is 11.3. The first-order valence-corrected chi connectivity index (χ1v) is 8.66. The minimum atomic E-state index is -0.438. The number of phenolic OH excluding ortho intramolecular Hbond substituents is 1.